The number of carbonyl (C=O) groups is 2. The second-order valence-corrected chi connectivity index (χ2v) is 5.75. The van der Waals surface area contributed by atoms with Gasteiger partial charge >= 0.3 is 0 Å². The summed E-state index contributed by atoms with van der Waals surface area (Å²) in [5.41, 5.74) is 6.59. The van der Waals surface area contributed by atoms with Crippen LogP contribution in [-0.4, -0.2) is 16.9 Å². The standard InChI is InChI=1S/C19H15N3O2S/c20-17(23)15-9-3-4-11-16(15)21-19(25)22-18(24)14-10-5-7-12-6-1-2-8-13(12)14/h1-11H,(H2,20,23)(H2,21,22,24,25). The number of amides is 2. The zero-order valence-electron chi connectivity index (χ0n) is 13.2. The van der Waals surface area contributed by atoms with Crippen molar-refractivity contribution in [2.45, 2.75) is 0 Å². The molecule has 0 aliphatic carbocycles. The maximum Gasteiger partial charge on any atom is 0.258 e. The molecule has 0 bridgehead atoms. The normalized spacial score (nSPS) is 10.2. The van der Waals surface area contributed by atoms with E-state index in [2.05, 4.69) is 10.6 Å². The van der Waals surface area contributed by atoms with Gasteiger partial charge in [-0.1, -0.05) is 48.5 Å². The van der Waals surface area contributed by atoms with Crippen molar-refractivity contribution in [1.29, 1.82) is 0 Å². The van der Waals surface area contributed by atoms with Gasteiger partial charge in [0.1, 0.15) is 0 Å². The zero-order chi connectivity index (χ0) is 17.8. The summed E-state index contributed by atoms with van der Waals surface area (Å²) in [5, 5.41) is 7.36. The number of carbonyl (C=O) groups excluding carboxylic acids is 2. The van der Waals surface area contributed by atoms with Crippen molar-refractivity contribution in [2.24, 2.45) is 5.73 Å². The molecule has 3 aromatic carbocycles. The summed E-state index contributed by atoms with van der Waals surface area (Å²) in [5.74, 6) is -0.905. The van der Waals surface area contributed by atoms with E-state index in [1.54, 1.807) is 30.3 Å². The molecule has 0 saturated heterocycles. The van der Waals surface area contributed by atoms with E-state index in [1.165, 1.54) is 0 Å². The van der Waals surface area contributed by atoms with Crippen LogP contribution in [0.5, 0.6) is 0 Å². The first-order chi connectivity index (χ1) is 12.1. The Balaban J connectivity index is 1.79. The fraction of sp³-hybridized carbons (Fsp3) is 0. The Morgan fingerprint density at radius 2 is 1.48 bits per heavy atom. The van der Waals surface area contributed by atoms with E-state index in [-0.39, 0.29) is 11.0 Å². The number of rotatable bonds is 3. The molecule has 0 unspecified atom stereocenters. The molecule has 0 fully saturated rings. The molecule has 0 spiro atoms. The highest BCUT2D eigenvalue weighted by Crippen LogP contribution is 2.18. The van der Waals surface area contributed by atoms with Crippen molar-refractivity contribution in [2.75, 3.05) is 5.32 Å². The molecule has 3 aromatic rings. The lowest BCUT2D eigenvalue weighted by atomic mass is 10.0. The van der Waals surface area contributed by atoms with E-state index >= 15 is 0 Å². The molecule has 6 heteroatoms. The molecule has 3 rings (SSSR count). The SMILES string of the molecule is NC(=O)c1ccccc1NC(=S)NC(=O)c1cccc2ccccc12. The monoisotopic (exact) mass is 349 g/mol. The van der Waals surface area contributed by atoms with Crippen LogP contribution in [-0.2, 0) is 0 Å². The molecule has 0 radical (unpaired) electrons. The molecule has 0 aliphatic heterocycles. The quantitative estimate of drug-likeness (QED) is 0.635. The summed E-state index contributed by atoms with van der Waals surface area (Å²) in [6.45, 7) is 0. The number of primary amides is 1. The number of benzene rings is 3. The number of anilines is 1. The Morgan fingerprint density at radius 1 is 0.840 bits per heavy atom. The zero-order valence-corrected chi connectivity index (χ0v) is 14.0. The molecule has 0 aliphatic rings. The summed E-state index contributed by atoms with van der Waals surface area (Å²) in [7, 11) is 0. The number of fused-ring (bicyclic) bond motifs is 1. The highest BCUT2D eigenvalue weighted by molar-refractivity contribution is 7.80. The van der Waals surface area contributed by atoms with Gasteiger partial charge in [0.15, 0.2) is 5.11 Å². The Kier molecular flexibility index (Phi) is 4.72. The summed E-state index contributed by atoms with van der Waals surface area (Å²) in [4.78, 5) is 24.0. The number of nitrogens with two attached hydrogens (primary N) is 1. The smallest absolute Gasteiger partial charge is 0.258 e. The molecule has 124 valence electrons. The highest BCUT2D eigenvalue weighted by atomic mass is 32.1. The predicted molar refractivity (Wildman–Crippen MR) is 103 cm³/mol. The number of hydrogen-bond donors (Lipinski definition) is 3. The van der Waals surface area contributed by atoms with Crippen molar-refractivity contribution in [3.8, 4) is 0 Å². The van der Waals surface area contributed by atoms with Gasteiger partial charge in [0, 0.05) is 5.56 Å². The highest BCUT2D eigenvalue weighted by Gasteiger charge is 2.13. The average Bonchev–Trinajstić information content (AvgIpc) is 2.61. The lowest BCUT2D eigenvalue weighted by Crippen LogP contribution is -2.34. The van der Waals surface area contributed by atoms with Crippen molar-refractivity contribution in [3.05, 3.63) is 77.9 Å². The van der Waals surface area contributed by atoms with E-state index in [0.29, 0.717) is 16.8 Å². The van der Waals surface area contributed by atoms with Crippen LogP contribution in [0.2, 0.25) is 0 Å². The topological polar surface area (TPSA) is 84.2 Å². The maximum atomic E-state index is 12.5. The van der Waals surface area contributed by atoms with Crippen LogP contribution < -0.4 is 16.4 Å². The first kappa shape index (κ1) is 16.6. The number of thiocarbonyl (C=S) groups is 1. The third-order valence-corrected chi connectivity index (χ3v) is 3.91. The molecule has 0 aromatic heterocycles. The average molecular weight is 349 g/mol. The first-order valence-corrected chi connectivity index (χ1v) is 7.96. The van der Waals surface area contributed by atoms with Crippen LogP contribution in [0.3, 0.4) is 0 Å². The first-order valence-electron chi connectivity index (χ1n) is 7.55. The van der Waals surface area contributed by atoms with Crippen LogP contribution in [0.1, 0.15) is 20.7 Å². The Labute approximate surface area is 149 Å². The fourth-order valence-corrected chi connectivity index (χ4v) is 2.76. The second kappa shape index (κ2) is 7.11. The van der Waals surface area contributed by atoms with Gasteiger partial charge in [0.25, 0.3) is 11.8 Å². The Hall–Kier alpha value is -3.25. The maximum absolute atomic E-state index is 12.5. The van der Waals surface area contributed by atoms with Crippen LogP contribution >= 0.6 is 12.2 Å². The van der Waals surface area contributed by atoms with Crippen LogP contribution in [0.25, 0.3) is 10.8 Å². The van der Waals surface area contributed by atoms with Gasteiger partial charge in [0.2, 0.25) is 0 Å². The van der Waals surface area contributed by atoms with E-state index in [4.69, 9.17) is 18.0 Å². The van der Waals surface area contributed by atoms with Crippen molar-refractivity contribution < 1.29 is 9.59 Å². The Morgan fingerprint density at radius 3 is 2.28 bits per heavy atom. The predicted octanol–water partition coefficient (Wildman–Crippen LogP) is 3.07. The molecular weight excluding hydrogens is 334 g/mol. The van der Waals surface area contributed by atoms with Gasteiger partial charge in [0.05, 0.1) is 11.3 Å². The minimum absolute atomic E-state index is 0.0895. The summed E-state index contributed by atoms with van der Waals surface area (Å²) in [6.07, 6.45) is 0. The summed E-state index contributed by atoms with van der Waals surface area (Å²) < 4.78 is 0. The Bertz CT molecular complexity index is 980. The number of hydrogen-bond acceptors (Lipinski definition) is 3. The third-order valence-electron chi connectivity index (χ3n) is 3.70. The van der Waals surface area contributed by atoms with Gasteiger partial charge in [-0.15, -0.1) is 0 Å². The van der Waals surface area contributed by atoms with E-state index in [1.807, 2.05) is 36.4 Å². The largest absolute Gasteiger partial charge is 0.366 e. The van der Waals surface area contributed by atoms with Gasteiger partial charge < -0.3 is 11.1 Å². The molecule has 4 N–H and O–H groups in total. The van der Waals surface area contributed by atoms with Crippen LogP contribution in [0.4, 0.5) is 5.69 Å². The molecule has 0 heterocycles. The van der Waals surface area contributed by atoms with E-state index in [9.17, 15) is 9.59 Å². The van der Waals surface area contributed by atoms with Crippen molar-refractivity contribution in [1.82, 2.24) is 5.32 Å². The second-order valence-electron chi connectivity index (χ2n) is 5.34. The van der Waals surface area contributed by atoms with Crippen LogP contribution in [0.15, 0.2) is 66.7 Å². The molecule has 2 amide bonds. The van der Waals surface area contributed by atoms with E-state index < -0.39 is 5.91 Å². The van der Waals surface area contributed by atoms with Gasteiger partial charge in [-0.05, 0) is 41.2 Å². The molecule has 25 heavy (non-hydrogen) atoms. The summed E-state index contributed by atoms with van der Waals surface area (Å²) in [6, 6.07) is 19.8. The fourth-order valence-electron chi connectivity index (χ4n) is 2.55. The van der Waals surface area contributed by atoms with Gasteiger partial charge in [-0.2, -0.15) is 0 Å². The lowest BCUT2D eigenvalue weighted by Gasteiger charge is -2.12. The summed E-state index contributed by atoms with van der Waals surface area (Å²) >= 11 is 5.19. The van der Waals surface area contributed by atoms with E-state index in [0.717, 1.165) is 10.8 Å². The minimum atomic E-state index is -0.578. The number of para-hydroxylation sites is 1. The lowest BCUT2D eigenvalue weighted by molar-refractivity contribution is 0.0977. The molecule has 0 atom stereocenters. The van der Waals surface area contributed by atoms with Crippen molar-refractivity contribution in [3.63, 3.8) is 0 Å². The van der Waals surface area contributed by atoms with Gasteiger partial charge in [-0.25, -0.2) is 0 Å². The van der Waals surface area contributed by atoms with Crippen LogP contribution in [0, 0.1) is 0 Å². The molecule has 0 saturated carbocycles. The molecule has 5 nitrogen and oxygen atoms in total. The third kappa shape index (κ3) is 3.64. The van der Waals surface area contributed by atoms with Gasteiger partial charge in [-0.3, -0.25) is 14.9 Å². The molecular formula is C19H15N3O2S. The van der Waals surface area contributed by atoms with Crippen molar-refractivity contribution >= 4 is 45.6 Å². The number of nitrogens with one attached hydrogen (secondary N) is 2. The minimum Gasteiger partial charge on any atom is -0.366 e.